The Morgan fingerprint density at radius 2 is 2.27 bits per heavy atom. The zero-order chi connectivity index (χ0) is 11.5. The van der Waals surface area contributed by atoms with Crippen LogP contribution in [0.3, 0.4) is 0 Å². The highest BCUT2D eigenvalue weighted by molar-refractivity contribution is 5.80. The van der Waals surface area contributed by atoms with Gasteiger partial charge in [-0.25, -0.2) is 0 Å². The van der Waals surface area contributed by atoms with Crippen LogP contribution in [-0.2, 0) is 4.79 Å². The molecule has 0 aliphatic heterocycles. The van der Waals surface area contributed by atoms with E-state index in [2.05, 4.69) is 5.32 Å². The molecule has 2 unspecified atom stereocenters. The van der Waals surface area contributed by atoms with Gasteiger partial charge in [0.25, 0.3) is 5.91 Å². The summed E-state index contributed by atoms with van der Waals surface area (Å²) in [5.41, 5.74) is 5.00. The number of alkyl halides is 2. The summed E-state index contributed by atoms with van der Waals surface area (Å²) in [4.78, 5) is 11.0. The van der Waals surface area contributed by atoms with E-state index in [1.165, 1.54) is 0 Å². The first-order chi connectivity index (χ1) is 7.02. The Morgan fingerprint density at radius 1 is 1.60 bits per heavy atom. The van der Waals surface area contributed by atoms with Crippen molar-refractivity contribution in [1.29, 1.82) is 0 Å². The number of hydrogen-bond acceptors (Lipinski definition) is 2. The molecule has 1 fully saturated rings. The molecule has 1 aliphatic carbocycles. The lowest BCUT2D eigenvalue weighted by Crippen LogP contribution is -2.60. The second kappa shape index (κ2) is 4.88. The smallest absolute Gasteiger partial charge is 0.315 e. The van der Waals surface area contributed by atoms with Gasteiger partial charge in [0.1, 0.15) is 0 Å². The summed E-state index contributed by atoms with van der Waals surface area (Å²) >= 11 is 0. The van der Waals surface area contributed by atoms with Crippen LogP contribution in [0.1, 0.15) is 32.6 Å². The molecule has 1 aliphatic rings. The highest BCUT2D eigenvalue weighted by Gasteiger charge is 2.39. The third-order valence-corrected chi connectivity index (χ3v) is 3.39. The minimum atomic E-state index is -2.96. The van der Waals surface area contributed by atoms with Gasteiger partial charge in [0.15, 0.2) is 0 Å². The number of halogens is 2. The second-order valence-corrected chi connectivity index (χ2v) is 4.30. The largest absolute Gasteiger partial charge is 0.344 e. The minimum absolute atomic E-state index is 0.166. The van der Waals surface area contributed by atoms with Crippen LogP contribution in [0.4, 0.5) is 8.78 Å². The monoisotopic (exact) mass is 220 g/mol. The van der Waals surface area contributed by atoms with Crippen molar-refractivity contribution < 1.29 is 13.6 Å². The summed E-state index contributed by atoms with van der Waals surface area (Å²) in [6, 6.07) is 0. The summed E-state index contributed by atoms with van der Waals surface area (Å²) in [5, 5.41) is 2.42. The van der Waals surface area contributed by atoms with Gasteiger partial charge in [0.05, 0.1) is 5.54 Å². The van der Waals surface area contributed by atoms with Crippen LogP contribution in [0.2, 0.25) is 0 Å². The molecule has 0 aromatic heterocycles. The Morgan fingerprint density at radius 3 is 2.73 bits per heavy atom. The molecular formula is C10H18F2N2O. The summed E-state index contributed by atoms with van der Waals surface area (Å²) in [5.74, 6) is -1.03. The Balaban J connectivity index is 2.70. The third kappa shape index (κ3) is 2.65. The maximum atomic E-state index is 12.2. The number of rotatable bonds is 3. The predicted molar refractivity (Wildman–Crippen MR) is 53.6 cm³/mol. The molecule has 3 nitrogen and oxygen atoms in total. The molecule has 0 aromatic carbocycles. The molecule has 5 heteroatoms. The number of carbonyl (C=O) groups is 1. The van der Waals surface area contributed by atoms with Crippen LogP contribution in [0.5, 0.6) is 0 Å². The molecule has 2 atom stereocenters. The molecule has 0 saturated heterocycles. The summed E-state index contributed by atoms with van der Waals surface area (Å²) < 4.78 is 24.3. The highest BCUT2D eigenvalue weighted by Crippen LogP contribution is 2.32. The number of nitrogens with one attached hydrogen (secondary N) is 1. The topological polar surface area (TPSA) is 55.1 Å². The lowest BCUT2D eigenvalue weighted by molar-refractivity contribution is -0.134. The zero-order valence-corrected chi connectivity index (χ0v) is 8.93. The second-order valence-electron chi connectivity index (χ2n) is 4.30. The van der Waals surface area contributed by atoms with Gasteiger partial charge in [-0.05, 0) is 18.8 Å². The van der Waals surface area contributed by atoms with Crippen LogP contribution < -0.4 is 11.1 Å². The SMILES string of the molecule is CC1CCCCC1(CN)NC(=O)C(F)F. The van der Waals surface area contributed by atoms with E-state index >= 15 is 0 Å². The minimum Gasteiger partial charge on any atom is -0.344 e. The molecule has 0 heterocycles. The molecule has 3 N–H and O–H groups in total. The number of carbonyl (C=O) groups excluding carboxylic acids is 1. The van der Waals surface area contributed by atoms with E-state index in [0.29, 0.717) is 6.42 Å². The van der Waals surface area contributed by atoms with Crippen molar-refractivity contribution in [2.24, 2.45) is 11.7 Å². The molecular weight excluding hydrogens is 202 g/mol. The third-order valence-electron chi connectivity index (χ3n) is 3.39. The molecule has 0 aromatic rings. The van der Waals surface area contributed by atoms with Gasteiger partial charge in [-0.2, -0.15) is 8.78 Å². The van der Waals surface area contributed by atoms with Crippen molar-refractivity contribution in [2.75, 3.05) is 6.54 Å². The molecule has 88 valence electrons. The molecule has 0 spiro atoms. The molecule has 1 rings (SSSR count). The van der Waals surface area contributed by atoms with Crippen molar-refractivity contribution in [2.45, 2.75) is 44.6 Å². The fourth-order valence-corrected chi connectivity index (χ4v) is 2.25. The van der Waals surface area contributed by atoms with E-state index in [4.69, 9.17) is 5.73 Å². The number of hydrogen-bond donors (Lipinski definition) is 2. The molecule has 1 saturated carbocycles. The van der Waals surface area contributed by atoms with E-state index in [1.54, 1.807) is 0 Å². The molecule has 0 bridgehead atoms. The Hall–Kier alpha value is -0.710. The Kier molecular flexibility index (Phi) is 4.02. The van der Waals surface area contributed by atoms with Gasteiger partial charge in [-0.3, -0.25) is 4.79 Å². The highest BCUT2D eigenvalue weighted by atomic mass is 19.3. The standard InChI is InChI=1S/C10H18F2N2O/c1-7-4-2-3-5-10(7,6-13)14-9(15)8(11)12/h7-8H,2-6,13H2,1H3,(H,14,15). The van der Waals surface area contributed by atoms with Gasteiger partial charge >= 0.3 is 6.43 Å². The van der Waals surface area contributed by atoms with Crippen LogP contribution in [0.25, 0.3) is 0 Å². The first-order valence-electron chi connectivity index (χ1n) is 5.32. The Labute approximate surface area is 88.4 Å². The van der Waals surface area contributed by atoms with Crippen molar-refractivity contribution in [1.82, 2.24) is 5.32 Å². The number of nitrogens with two attached hydrogens (primary N) is 1. The van der Waals surface area contributed by atoms with Crippen molar-refractivity contribution in [3.05, 3.63) is 0 Å². The Bertz CT molecular complexity index is 235. The van der Waals surface area contributed by atoms with Crippen molar-refractivity contribution in [3.63, 3.8) is 0 Å². The van der Waals surface area contributed by atoms with Gasteiger partial charge in [-0.1, -0.05) is 19.8 Å². The van der Waals surface area contributed by atoms with E-state index in [0.717, 1.165) is 19.3 Å². The molecule has 15 heavy (non-hydrogen) atoms. The normalized spacial score (nSPS) is 31.7. The zero-order valence-electron chi connectivity index (χ0n) is 8.93. The molecule has 1 amide bonds. The van der Waals surface area contributed by atoms with Gasteiger partial charge in [0, 0.05) is 6.54 Å². The maximum Gasteiger partial charge on any atom is 0.315 e. The fourth-order valence-electron chi connectivity index (χ4n) is 2.25. The molecule has 0 radical (unpaired) electrons. The van der Waals surface area contributed by atoms with E-state index in [9.17, 15) is 13.6 Å². The summed E-state index contributed by atoms with van der Waals surface area (Å²) in [6.45, 7) is 2.18. The average molecular weight is 220 g/mol. The van der Waals surface area contributed by atoms with Crippen molar-refractivity contribution >= 4 is 5.91 Å². The van der Waals surface area contributed by atoms with Crippen molar-refractivity contribution in [3.8, 4) is 0 Å². The number of amides is 1. The van der Waals surface area contributed by atoms with Crippen LogP contribution >= 0.6 is 0 Å². The first-order valence-corrected chi connectivity index (χ1v) is 5.32. The quantitative estimate of drug-likeness (QED) is 0.752. The predicted octanol–water partition coefficient (Wildman–Crippen LogP) is 1.28. The van der Waals surface area contributed by atoms with E-state index < -0.39 is 17.9 Å². The first kappa shape index (κ1) is 12.4. The fraction of sp³-hybridized carbons (Fsp3) is 0.900. The van der Waals surface area contributed by atoms with E-state index in [1.807, 2.05) is 6.92 Å². The summed E-state index contributed by atoms with van der Waals surface area (Å²) in [7, 11) is 0. The van der Waals surface area contributed by atoms with Crippen LogP contribution in [0, 0.1) is 5.92 Å². The van der Waals surface area contributed by atoms with Gasteiger partial charge in [-0.15, -0.1) is 0 Å². The average Bonchev–Trinajstić information content (AvgIpc) is 2.21. The lowest BCUT2D eigenvalue weighted by Gasteiger charge is -2.42. The van der Waals surface area contributed by atoms with Crippen LogP contribution in [-0.4, -0.2) is 24.4 Å². The van der Waals surface area contributed by atoms with Gasteiger partial charge < -0.3 is 11.1 Å². The lowest BCUT2D eigenvalue weighted by atomic mass is 9.73. The van der Waals surface area contributed by atoms with E-state index in [-0.39, 0.29) is 12.5 Å². The van der Waals surface area contributed by atoms with Gasteiger partial charge in [0.2, 0.25) is 0 Å². The van der Waals surface area contributed by atoms with Crippen LogP contribution in [0.15, 0.2) is 0 Å². The summed E-state index contributed by atoms with van der Waals surface area (Å²) in [6.07, 6.45) is 0.685. The maximum absolute atomic E-state index is 12.2.